The number of carbonyl (C=O) groups excluding carboxylic acids is 1. The molecule has 1 saturated heterocycles. The van der Waals surface area contributed by atoms with Crippen molar-refractivity contribution in [2.45, 2.75) is 31.1 Å². The predicted molar refractivity (Wildman–Crippen MR) is 108 cm³/mol. The number of hydrazone groups is 1. The van der Waals surface area contributed by atoms with Crippen molar-refractivity contribution in [1.82, 2.24) is 9.73 Å². The van der Waals surface area contributed by atoms with E-state index in [1.54, 1.807) is 25.1 Å². The Labute approximate surface area is 167 Å². The first-order valence-corrected chi connectivity index (χ1v) is 11.2. The molecule has 27 heavy (non-hydrogen) atoms. The molecular formula is C18H20ClN3O3S2. The van der Waals surface area contributed by atoms with E-state index in [2.05, 4.69) is 10.5 Å². The van der Waals surface area contributed by atoms with Crippen LogP contribution in [0.15, 0.2) is 46.4 Å². The van der Waals surface area contributed by atoms with Gasteiger partial charge in [0.15, 0.2) is 0 Å². The molecule has 0 saturated carbocycles. The molecule has 0 spiro atoms. The van der Waals surface area contributed by atoms with Crippen molar-refractivity contribution in [3.63, 3.8) is 0 Å². The SMILES string of the molecule is C/C(=N\NC(=O)c1cccc(S(=O)(=O)N2CCCCC2)c1)c1ccc(Cl)s1. The Balaban J connectivity index is 1.75. The van der Waals surface area contributed by atoms with Crippen molar-refractivity contribution in [1.29, 1.82) is 0 Å². The third-order valence-corrected chi connectivity index (χ3v) is 7.54. The fourth-order valence-corrected chi connectivity index (χ4v) is 5.37. The fourth-order valence-electron chi connectivity index (χ4n) is 2.82. The zero-order valence-corrected chi connectivity index (χ0v) is 17.2. The van der Waals surface area contributed by atoms with Gasteiger partial charge in [-0.25, -0.2) is 13.8 Å². The zero-order chi connectivity index (χ0) is 19.4. The van der Waals surface area contributed by atoms with Crippen LogP contribution in [0.4, 0.5) is 0 Å². The summed E-state index contributed by atoms with van der Waals surface area (Å²) in [4.78, 5) is 13.4. The summed E-state index contributed by atoms with van der Waals surface area (Å²) in [7, 11) is -3.59. The van der Waals surface area contributed by atoms with Crippen LogP contribution in [0.3, 0.4) is 0 Å². The van der Waals surface area contributed by atoms with Crippen LogP contribution in [0.5, 0.6) is 0 Å². The number of amides is 1. The summed E-state index contributed by atoms with van der Waals surface area (Å²) in [5.41, 5.74) is 3.34. The number of rotatable bonds is 5. The van der Waals surface area contributed by atoms with Gasteiger partial charge in [0.2, 0.25) is 10.0 Å². The summed E-state index contributed by atoms with van der Waals surface area (Å²) in [5, 5.41) is 4.07. The lowest BCUT2D eigenvalue weighted by molar-refractivity contribution is 0.0954. The molecule has 1 aliphatic rings. The van der Waals surface area contributed by atoms with Crippen LogP contribution in [0, 0.1) is 0 Å². The quantitative estimate of drug-likeness (QED) is 0.585. The van der Waals surface area contributed by atoms with Gasteiger partial charge in [-0.3, -0.25) is 4.79 Å². The minimum absolute atomic E-state index is 0.128. The van der Waals surface area contributed by atoms with Gasteiger partial charge in [0.25, 0.3) is 5.91 Å². The molecule has 9 heteroatoms. The number of hydrogen-bond acceptors (Lipinski definition) is 5. The molecular weight excluding hydrogens is 406 g/mol. The third-order valence-electron chi connectivity index (χ3n) is 4.30. The smallest absolute Gasteiger partial charge is 0.267 e. The van der Waals surface area contributed by atoms with Crippen molar-refractivity contribution in [3.8, 4) is 0 Å². The first-order valence-electron chi connectivity index (χ1n) is 8.58. The van der Waals surface area contributed by atoms with E-state index in [9.17, 15) is 13.2 Å². The molecule has 2 aromatic rings. The zero-order valence-electron chi connectivity index (χ0n) is 14.8. The number of hydrogen-bond donors (Lipinski definition) is 1. The van der Waals surface area contributed by atoms with Crippen molar-refractivity contribution < 1.29 is 13.2 Å². The van der Waals surface area contributed by atoms with Gasteiger partial charge in [-0.2, -0.15) is 9.41 Å². The third kappa shape index (κ3) is 4.76. The van der Waals surface area contributed by atoms with Crippen LogP contribution < -0.4 is 5.43 Å². The number of sulfonamides is 1. The van der Waals surface area contributed by atoms with Crippen molar-refractivity contribution in [2.75, 3.05) is 13.1 Å². The van der Waals surface area contributed by atoms with Crippen molar-refractivity contribution in [3.05, 3.63) is 51.2 Å². The molecule has 1 N–H and O–H groups in total. The second-order valence-corrected chi connectivity index (χ2v) is 9.89. The van der Waals surface area contributed by atoms with Crippen LogP contribution in [0.25, 0.3) is 0 Å². The van der Waals surface area contributed by atoms with Gasteiger partial charge < -0.3 is 0 Å². The van der Waals surface area contributed by atoms with E-state index < -0.39 is 15.9 Å². The first kappa shape index (κ1) is 20.0. The Morgan fingerprint density at radius 3 is 2.59 bits per heavy atom. The topological polar surface area (TPSA) is 78.8 Å². The van der Waals surface area contributed by atoms with E-state index in [-0.39, 0.29) is 10.5 Å². The molecule has 3 rings (SSSR count). The van der Waals surface area contributed by atoms with E-state index in [1.165, 1.54) is 27.8 Å². The number of nitrogens with one attached hydrogen (secondary N) is 1. The highest BCUT2D eigenvalue weighted by Crippen LogP contribution is 2.22. The number of halogens is 1. The summed E-state index contributed by atoms with van der Waals surface area (Å²) in [5.74, 6) is -0.465. The molecule has 1 fully saturated rings. The highest BCUT2D eigenvalue weighted by Gasteiger charge is 2.26. The summed E-state index contributed by atoms with van der Waals surface area (Å²) in [6, 6.07) is 9.63. The van der Waals surface area contributed by atoms with Gasteiger partial charge in [-0.15, -0.1) is 11.3 Å². The Kier molecular flexibility index (Phi) is 6.31. The Morgan fingerprint density at radius 1 is 1.19 bits per heavy atom. The van der Waals surface area contributed by atoms with Gasteiger partial charge in [0, 0.05) is 18.7 Å². The average molecular weight is 426 g/mol. The second-order valence-electron chi connectivity index (χ2n) is 6.23. The summed E-state index contributed by atoms with van der Waals surface area (Å²) in [6.45, 7) is 2.80. The summed E-state index contributed by atoms with van der Waals surface area (Å²) in [6.07, 6.45) is 2.77. The summed E-state index contributed by atoms with van der Waals surface area (Å²) >= 11 is 7.27. The Morgan fingerprint density at radius 2 is 1.93 bits per heavy atom. The van der Waals surface area contributed by atoms with Crippen LogP contribution in [0.1, 0.15) is 41.4 Å². The number of piperidine rings is 1. The minimum atomic E-state index is -3.59. The maximum Gasteiger partial charge on any atom is 0.271 e. The lowest BCUT2D eigenvalue weighted by Gasteiger charge is -2.25. The maximum absolute atomic E-state index is 12.8. The number of benzene rings is 1. The highest BCUT2D eigenvalue weighted by atomic mass is 35.5. The standard InChI is InChI=1S/C18H20ClN3O3S2/c1-13(16-8-9-17(19)26-16)20-21-18(23)14-6-5-7-15(12-14)27(24,25)22-10-3-2-4-11-22/h5-9,12H,2-4,10-11H2,1H3,(H,21,23)/b20-13+. The van der Waals surface area contributed by atoms with E-state index in [4.69, 9.17) is 11.6 Å². The molecule has 0 atom stereocenters. The van der Waals surface area contributed by atoms with E-state index in [1.807, 2.05) is 6.07 Å². The summed E-state index contributed by atoms with van der Waals surface area (Å²) < 4.78 is 27.7. The Hall–Kier alpha value is -1.74. The number of thiophene rings is 1. The largest absolute Gasteiger partial charge is 0.271 e. The van der Waals surface area contributed by atoms with Gasteiger partial charge in [-0.1, -0.05) is 24.1 Å². The lowest BCUT2D eigenvalue weighted by atomic mass is 10.2. The minimum Gasteiger partial charge on any atom is -0.267 e. The Bertz CT molecular complexity index is 964. The van der Waals surface area contributed by atoms with Crippen LogP contribution in [-0.4, -0.2) is 37.4 Å². The predicted octanol–water partition coefficient (Wildman–Crippen LogP) is 3.73. The first-order chi connectivity index (χ1) is 12.9. The molecule has 0 aliphatic carbocycles. The second kappa shape index (κ2) is 8.52. The molecule has 1 aromatic carbocycles. The van der Waals surface area contributed by atoms with Gasteiger partial charge in [-0.05, 0) is 50.1 Å². The molecule has 144 valence electrons. The maximum atomic E-state index is 12.8. The highest BCUT2D eigenvalue weighted by molar-refractivity contribution is 7.89. The molecule has 1 aliphatic heterocycles. The van der Waals surface area contributed by atoms with E-state index >= 15 is 0 Å². The van der Waals surface area contributed by atoms with Gasteiger partial charge in [0.05, 0.1) is 19.8 Å². The molecule has 6 nitrogen and oxygen atoms in total. The normalized spacial score (nSPS) is 16.3. The molecule has 1 aromatic heterocycles. The molecule has 0 bridgehead atoms. The fraction of sp³-hybridized carbons (Fsp3) is 0.333. The van der Waals surface area contributed by atoms with Crippen molar-refractivity contribution in [2.24, 2.45) is 5.10 Å². The molecule has 0 radical (unpaired) electrons. The number of nitrogens with zero attached hydrogens (tertiary/aromatic N) is 2. The van der Waals surface area contributed by atoms with Crippen LogP contribution in [0.2, 0.25) is 4.34 Å². The van der Waals surface area contributed by atoms with Gasteiger partial charge in [0.1, 0.15) is 0 Å². The van der Waals surface area contributed by atoms with Gasteiger partial charge >= 0.3 is 0 Å². The van der Waals surface area contributed by atoms with E-state index in [0.29, 0.717) is 23.1 Å². The van der Waals surface area contributed by atoms with Crippen LogP contribution >= 0.6 is 22.9 Å². The lowest BCUT2D eigenvalue weighted by Crippen LogP contribution is -2.35. The monoisotopic (exact) mass is 425 g/mol. The van der Waals surface area contributed by atoms with Crippen molar-refractivity contribution >= 4 is 44.6 Å². The molecule has 1 amide bonds. The molecule has 0 unspecified atom stereocenters. The number of carbonyl (C=O) groups is 1. The molecule has 2 heterocycles. The van der Waals surface area contributed by atoms with E-state index in [0.717, 1.165) is 24.1 Å². The average Bonchev–Trinajstić information content (AvgIpc) is 3.13. The van der Waals surface area contributed by atoms with Crippen LogP contribution in [-0.2, 0) is 10.0 Å².